The van der Waals surface area contributed by atoms with Crippen molar-refractivity contribution < 1.29 is 4.79 Å². The Labute approximate surface area is 188 Å². The van der Waals surface area contributed by atoms with Gasteiger partial charge in [-0.05, 0) is 59.2 Å². The van der Waals surface area contributed by atoms with E-state index < -0.39 is 5.54 Å². The van der Waals surface area contributed by atoms with Crippen LogP contribution in [0.2, 0.25) is 0 Å². The summed E-state index contributed by atoms with van der Waals surface area (Å²) in [7, 11) is 0. The number of aromatic amines is 1. The Hall–Kier alpha value is -3.09. The van der Waals surface area contributed by atoms with E-state index in [1.54, 1.807) is 0 Å². The van der Waals surface area contributed by atoms with Crippen LogP contribution in [0.4, 0.5) is 0 Å². The fraction of sp³-hybridized carbons (Fsp3) is 0.480. The number of nitrogens with one attached hydrogen (secondary N) is 1. The predicted octanol–water partition coefficient (Wildman–Crippen LogP) is 4.70. The summed E-state index contributed by atoms with van der Waals surface area (Å²) in [6, 6.07) is 8.59. The number of benzene rings is 1. The summed E-state index contributed by atoms with van der Waals surface area (Å²) in [5, 5.41) is 14.4. The van der Waals surface area contributed by atoms with Crippen LogP contribution in [-0.4, -0.2) is 42.8 Å². The molecule has 1 aliphatic heterocycles. The summed E-state index contributed by atoms with van der Waals surface area (Å²) in [5.41, 5.74) is 4.12. The molecule has 1 spiro atoms. The number of aliphatic imine (C=N–C) groups is 1. The van der Waals surface area contributed by atoms with E-state index in [1.165, 1.54) is 11.1 Å². The lowest BCUT2D eigenvalue weighted by molar-refractivity contribution is -0.131. The summed E-state index contributed by atoms with van der Waals surface area (Å²) in [6.07, 6.45) is 13.3. The molecule has 3 aliphatic rings. The molecule has 32 heavy (non-hydrogen) atoms. The number of aromatic nitrogens is 4. The number of amidine groups is 1. The second-order valence-electron chi connectivity index (χ2n) is 9.04. The first kappa shape index (κ1) is 20.8. The molecule has 2 aromatic rings. The molecule has 2 heterocycles. The quantitative estimate of drug-likeness (QED) is 0.689. The Morgan fingerprint density at radius 2 is 1.97 bits per heavy atom. The largest absolute Gasteiger partial charge is 0.294 e. The van der Waals surface area contributed by atoms with Crippen LogP contribution in [0.25, 0.3) is 11.1 Å². The lowest BCUT2D eigenvalue weighted by Gasteiger charge is -2.23. The highest BCUT2D eigenvalue weighted by Gasteiger charge is 2.49. The van der Waals surface area contributed by atoms with E-state index in [1.807, 2.05) is 4.90 Å². The van der Waals surface area contributed by atoms with Crippen LogP contribution in [0, 0.1) is 0 Å². The van der Waals surface area contributed by atoms with Crippen molar-refractivity contribution in [1.29, 1.82) is 0 Å². The van der Waals surface area contributed by atoms with E-state index >= 15 is 0 Å². The van der Waals surface area contributed by atoms with Gasteiger partial charge >= 0.3 is 0 Å². The van der Waals surface area contributed by atoms with Crippen molar-refractivity contribution in [2.24, 2.45) is 4.99 Å². The third kappa shape index (κ3) is 3.80. The Bertz CT molecular complexity index is 1060. The Kier molecular flexibility index (Phi) is 5.72. The van der Waals surface area contributed by atoms with Crippen molar-refractivity contribution in [3.05, 3.63) is 53.4 Å². The standard InChI is InChI=1S/C25H30N6O/c1-2-3-10-22-26-25(15-6-7-16-25)24(32)31(22)17-18-11-13-19(14-12-18)20-8-4-5-9-21(20)23-27-29-30-28-23/h5,9,11-14H,2-4,6-8,10,15-17H2,1H3,(H,27,28,29,30). The summed E-state index contributed by atoms with van der Waals surface area (Å²) in [5.74, 6) is 1.90. The van der Waals surface area contributed by atoms with Crippen LogP contribution in [0.15, 0.2) is 41.4 Å². The van der Waals surface area contributed by atoms with Crippen LogP contribution in [0.1, 0.15) is 81.7 Å². The maximum absolute atomic E-state index is 13.4. The molecule has 7 heteroatoms. The summed E-state index contributed by atoms with van der Waals surface area (Å²) < 4.78 is 0. The van der Waals surface area contributed by atoms with Crippen LogP contribution >= 0.6 is 0 Å². The van der Waals surface area contributed by atoms with Crippen molar-refractivity contribution in [2.45, 2.75) is 76.8 Å². The maximum Gasteiger partial charge on any atom is 0.256 e. The molecular weight excluding hydrogens is 400 g/mol. The van der Waals surface area contributed by atoms with Gasteiger partial charge in [-0.2, -0.15) is 0 Å². The summed E-state index contributed by atoms with van der Waals surface area (Å²) >= 11 is 0. The molecule has 1 saturated carbocycles. The van der Waals surface area contributed by atoms with Gasteiger partial charge in [-0.1, -0.05) is 62.6 Å². The van der Waals surface area contributed by atoms with E-state index in [4.69, 9.17) is 4.99 Å². The van der Waals surface area contributed by atoms with Gasteiger partial charge in [0.25, 0.3) is 5.91 Å². The minimum Gasteiger partial charge on any atom is -0.294 e. The lowest BCUT2D eigenvalue weighted by Crippen LogP contribution is -2.40. The predicted molar refractivity (Wildman–Crippen MR) is 125 cm³/mol. The minimum atomic E-state index is -0.470. The smallest absolute Gasteiger partial charge is 0.256 e. The van der Waals surface area contributed by atoms with Gasteiger partial charge in [-0.3, -0.25) is 14.7 Å². The van der Waals surface area contributed by atoms with Crippen LogP contribution in [0.5, 0.6) is 0 Å². The zero-order valence-corrected chi connectivity index (χ0v) is 18.7. The van der Waals surface area contributed by atoms with Crippen molar-refractivity contribution in [3.63, 3.8) is 0 Å². The number of nitrogens with zero attached hydrogens (tertiary/aromatic N) is 5. The first-order chi connectivity index (χ1) is 15.7. The van der Waals surface area contributed by atoms with E-state index in [-0.39, 0.29) is 5.91 Å². The van der Waals surface area contributed by atoms with Gasteiger partial charge in [0.05, 0.1) is 6.54 Å². The fourth-order valence-electron chi connectivity index (χ4n) is 5.15. The average molecular weight is 431 g/mol. The van der Waals surface area contributed by atoms with E-state index in [2.05, 4.69) is 64.0 Å². The van der Waals surface area contributed by atoms with Gasteiger partial charge in [0.15, 0.2) is 5.82 Å². The number of H-pyrrole nitrogens is 1. The number of allylic oxidation sites excluding steroid dienone is 4. The molecule has 7 nitrogen and oxygen atoms in total. The molecule has 0 bridgehead atoms. The number of carbonyl (C=O) groups excluding carboxylic acids is 1. The van der Waals surface area contributed by atoms with Gasteiger partial charge in [-0.15, -0.1) is 5.10 Å². The topological polar surface area (TPSA) is 87.1 Å². The number of tetrazole rings is 1. The normalized spacial score (nSPS) is 20.0. The lowest BCUT2D eigenvalue weighted by atomic mass is 9.91. The van der Waals surface area contributed by atoms with Gasteiger partial charge in [0, 0.05) is 12.0 Å². The number of carbonyl (C=O) groups is 1. The van der Waals surface area contributed by atoms with Crippen molar-refractivity contribution in [3.8, 4) is 0 Å². The Morgan fingerprint density at radius 1 is 1.16 bits per heavy atom. The minimum absolute atomic E-state index is 0.213. The second-order valence-corrected chi connectivity index (χ2v) is 9.04. The molecule has 1 fully saturated rings. The van der Waals surface area contributed by atoms with E-state index in [0.717, 1.165) is 74.8 Å². The molecule has 0 radical (unpaired) electrons. The highest BCUT2D eigenvalue weighted by molar-refractivity contribution is 6.08. The molecule has 5 rings (SSSR count). The second kappa shape index (κ2) is 8.81. The number of hydrogen-bond donors (Lipinski definition) is 1. The third-order valence-corrected chi connectivity index (χ3v) is 6.90. The molecule has 0 atom stereocenters. The zero-order valence-electron chi connectivity index (χ0n) is 18.7. The first-order valence-corrected chi connectivity index (χ1v) is 11.8. The van der Waals surface area contributed by atoms with Crippen LogP contribution in [-0.2, 0) is 11.3 Å². The summed E-state index contributed by atoms with van der Waals surface area (Å²) in [4.78, 5) is 20.3. The van der Waals surface area contributed by atoms with Gasteiger partial charge in [-0.25, -0.2) is 5.10 Å². The summed E-state index contributed by atoms with van der Waals surface area (Å²) in [6.45, 7) is 2.78. The fourth-order valence-corrected chi connectivity index (χ4v) is 5.15. The molecule has 2 aliphatic carbocycles. The van der Waals surface area contributed by atoms with Crippen molar-refractivity contribution >= 4 is 22.9 Å². The maximum atomic E-state index is 13.4. The Balaban J connectivity index is 1.38. The highest BCUT2D eigenvalue weighted by Crippen LogP contribution is 2.40. The number of rotatable bonds is 7. The number of hydrogen-bond acceptors (Lipinski definition) is 5. The molecule has 1 aromatic carbocycles. The molecule has 0 saturated heterocycles. The van der Waals surface area contributed by atoms with Gasteiger partial charge < -0.3 is 0 Å². The first-order valence-electron chi connectivity index (χ1n) is 11.8. The molecule has 1 amide bonds. The van der Waals surface area contributed by atoms with Crippen molar-refractivity contribution in [1.82, 2.24) is 25.5 Å². The van der Waals surface area contributed by atoms with E-state index in [0.29, 0.717) is 12.4 Å². The molecule has 0 unspecified atom stereocenters. The average Bonchev–Trinajstić information content (AvgIpc) is 3.58. The molecule has 1 aromatic heterocycles. The SMILES string of the molecule is CCCCC1=NC2(CCCC2)C(=O)N1Cc1ccc(C2=C(c3nnn[nH]3)C=CCC2)cc1. The molecule has 1 N–H and O–H groups in total. The van der Waals surface area contributed by atoms with Crippen LogP contribution < -0.4 is 0 Å². The zero-order chi connectivity index (χ0) is 22.0. The monoisotopic (exact) mass is 430 g/mol. The van der Waals surface area contributed by atoms with Gasteiger partial charge in [0.1, 0.15) is 11.4 Å². The number of amides is 1. The third-order valence-electron chi connectivity index (χ3n) is 6.90. The van der Waals surface area contributed by atoms with Gasteiger partial charge in [0.2, 0.25) is 0 Å². The van der Waals surface area contributed by atoms with Crippen LogP contribution in [0.3, 0.4) is 0 Å². The Morgan fingerprint density at radius 3 is 2.69 bits per heavy atom. The van der Waals surface area contributed by atoms with Crippen molar-refractivity contribution in [2.75, 3.05) is 0 Å². The molecule has 166 valence electrons. The number of unbranched alkanes of at least 4 members (excludes halogenated alkanes) is 1. The highest BCUT2D eigenvalue weighted by atomic mass is 16.2. The molecular formula is C25H30N6O. The van der Waals surface area contributed by atoms with E-state index in [9.17, 15) is 4.79 Å².